The highest BCUT2D eigenvalue weighted by Gasteiger charge is 2.22. The van der Waals surface area contributed by atoms with Crippen LogP contribution in [0.15, 0.2) is 60.7 Å². The molecule has 2 aromatic heterocycles. The topological polar surface area (TPSA) is 99.4 Å². The van der Waals surface area contributed by atoms with Crippen molar-refractivity contribution in [2.45, 2.75) is 13.1 Å². The zero-order valence-electron chi connectivity index (χ0n) is 24.3. The highest BCUT2D eigenvalue weighted by atomic mass is 16.5. The molecule has 0 radical (unpaired) electrons. The minimum absolute atomic E-state index is 0.362. The van der Waals surface area contributed by atoms with E-state index in [2.05, 4.69) is 0 Å². The SMILES string of the molecule is COC(=O)c1cc2cc(OC)cc(OC)c2n1Cc1cccc(Cn2c(C(=O)OC)cc3cc(OC)cc(OC)c32)c1. The maximum absolute atomic E-state index is 12.8. The second-order valence-electron chi connectivity index (χ2n) is 9.57. The van der Waals surface area contributed by atoms with Gasteiger partial charge in [-0.3, -0.25) is 0 Å². The molecule has 0 aliphatic carbocycles. The summed E-state index contributed by atoms with van der Waals surface area (Å²) in [6, 6.07) is 18.7. The fourth-order valence-electron chi connectivity index (χ4n) is 5.31. The Kier molecular flexibility index (Phi) is 7.97. The minimum Gasteiger partial charge on any atom is -0.497 e. The molecule has 0 bridgehead atoms. The van der Waals surface area contributed by atoms with E-state index in [9.17, 15) is 9.59 Å². The summed E-state index contributed by atoms with van der Waals surface area (Å²) in [5, 5.41) is 1.57. The molecule has 0 unspecified atom stereocenters. The molecule has 0 saturated carbocycles. The monoisotopic (exact) mass is 572 g/mol. The largest absolute Gasteiger partial charge is 0.497 e. The van der Waals surface area contributed by atoms with Crippen LogP contribution in [-0.4, -0.2) is 63.7 Å². The molecule has 0 atom stereocenters. The smallest absolute Gasteiger partial charge is 0.354 e. The van der Waals surface area contributed by atoms with Crippen molar-refractivity contribution in [3.63, 3.8) is 0 Å². The lowest BCUT2D eigenvalue weighted by Crippen LogP contribution is -2.13. The number of hydrogen-bond donors (Lipinski definition) is 0. The van der Waals surface area contributed by atoms with Gasteiger partial charge in [-0.1, -0.05) is 24.3 Å². The van der Waals surface area contributed by atoms with Crippen molar-refractivity contribution < 1.29 is 38.0 Å². The predicted molar refractivity (Wildman–Crippen MR) is 157 cm³/mol. The number of hydrogen-bond acceptors (Lipinski definition) is 8. The molecule has 2 heterocycles. The lowest BCUT2D eigenvalue weighted by Gasteiger charge is -2.15. The Hall–Kier alpha value is -5.12. The zero-order chi connectivity index (χ0) is 30.0. The van der Waals surface area contributed by atoms with Gasteiger partial charge in [0.25, 0.3) is 0 Å². The van der Waals surface area contributed by atoms with Gasteiger partial charge in [0.15, 0.2) is 0 Å². The Morgan fingerprint density at radius 2 is 1.00 bits per heavy atom. The van der Waals surface area contributed by atoms with Crippen LogP contribution in [0.3, 0.4) is 0 Å². The first kappa shape index (κ1) is 28.4. The van der Waals surface area contributed by atoms with E-state index in [1.807, 2.05) is 45.5 Å². The predicted octanol–water partition coefficient (Wildman–Crippen LogP) is 5.30. The highest BCUT2D eigenvalue weighted by molar-refractivity contribution is 5.99. The van der Waals surface area contributed by atoms with Crippen LogP contribution in [0, 0.1) is 0 Å². The number of carbonyl (C=O) groups is 2. The summed E-state index contributed by atoms with van der Waals surface area (Å²) in [5.41, 5.74) is 4.11. The van der Waals surface area contributed by atoms with Gasteiger partial charge in [0.2, 0.25) is 0 Å². The number of aromatic nitrogens is 2. The van der Waals surface area contributed by atoms with Crippen LogP contribution in [0.5, 0.6) is 23.0 Å². The van der Waals surface area contributed by atoms with Gasteiger partial charge in [0.05, 0.1) is 53.7 Å². The average Bonchev–Trinajstić information content (AvgIpc) is 3.57. The maximum atomic E-state index is 12.8. The molecular weight excluding hydrogens is 540 g/mol. The molecular formula is C32H32N2O8. The van der Waals surface area contributed by atoms with E-state index in [0.29, 0.717) is 47.5 Å². The van der Waals surface area contributed by atoms with Crippen LogP contribution < -0.4 is 18.9 Å². The third kappa shape index (κ3) is 5.07. The van der Waals surface area contributed by atoms with Crippen molar-refractivity contribution >= 4 is 33.7 Å². The van der Waals surface area contributed by atoms with Crippen molar-refractivity contribution in [3.8, 4) is 23.0 Å². The first-order chi connectivity index (χ1) is 20.3. The summed E-state index contributed by atoms with van der Waals surface area (Å²) in [4.78, 5) is 25.6. The molecule has 0 aliphatic heterocycles. The Morgan fingerprint density at radius 3 is 1.36 bits per heavy atom. The molecule has 0 aliphatic rings. The summed E-state index contributed by atoms with van der Waals surface area (Å²) in [7, 11) is 9.02. The van der Waals surface area contributed by atoms with Crippen LogP contribution >= 0.6 is 0 Å². The number of methoxy groups -OCH3 is 6. The fraction of sp³-hybridized carbons (Fsp3) is 0.250. The lowest BCUT2D eigenvalue weighted by atomic mass is 10.1. The summed E-state index contributed by atoms with van der Waals surface area (Å²) in [5.74, 6) is 1.44. The Morgan fingerprint density at radius 1 is 0.571 bits per heavy atom. The van der Waals surface area contributed by atoms with Crippen molar-refractivity contribution in [2.75, 3.05) is 42.7 Å². The second-order valence-corrected chi connectivity index (χ2v) is 9.57. The average molecular weight is 573 g/mol. The first-order valence-electron chi connectivity index (χ1n) is 13.1. The molecule has 0 fully saturated rings. The molecule has 0 N–H and O–H groups in total. The van der Waals surface area contributed by atoms with E-state index in [1.54, 1.807) is 52.7 Å². The molecule has 3 aromatic carbocycles. The van der Waals surface area contributed by atoms with Crippen molar-refractivity contribution in [2.24, 2.45) is 0 Å². The van der Waals surface area contributed by atoms with Crippen molar-refractivity contribution in [1.82, 2.24) is 9.13 Å². The zero-order valence-corrected chi connectivity index (χ0v) is 24.3. The minimum atomic E-state index is -0.465. The van der Waals surface area contributed by atoms with Gasteiger partial charge in [-0.2, -0.15) is 0 Å². The van der Waals surface area contributed by atoms with Gasteiger partial charge in [-0.25, -0.2) is 9.59 Å². The number of rotatable bonds is 10. The molecule has 218 valence electrons. The second kappa shape index (κ2) is 11.8. The van der Waals surface area contributed by atoms with Crippen LogP contribution in [0.1, 0.15) is 32.1 Å². The molecule has 5 rings (SSSR count). The fourth-order valence-corrected chi connectivity index (χ4v) is 5.31. The van der Waals surface area contributed by atoms with Crippen molar-refractivity contribution in [1.29, 1.82) is 0 Å². The van der Waals surface area contributed by atoms with Gasteiger partial charge < -0.3 is 37.6 Å². The number of nitrogens with zero attached hydrogens (tertiary/aromatic N) is 2. The first-order valence-corrected chi connectivity index (χ1v) is 13.1. The maximum Gasteiger partial charge on any atom is 0.354 e. The number of ether oxygens (including phenoxy) is 6. The van der Waals surface area contributed by atoms with Crippen LogP contribution in [0.4, 0.5) is 0 Å². The van der Waals surface area contributed by atoms with Gasteiger partial charge in [-0.05, 0) is 35.4 Å². The third-order valence-electron chi connectivity index (χ3n) is 7.23. The van der Waals surface area contributed by atoms with E-state index in [1.165, 1.54) is 14.2 Å². The summed E-state index contributed by atoms with van der Waals surface area (Å²) < 4.78 is 36.1. The Labute approximate surface area is 242 Å². The van der Waals surface area contributed by atoms with E-state index >= 15 is 0 Å². The van der Waals surface area contributed by atoms with Gasteiger partial charge in [0.1, 0.15) is 34.4 Å². The molecule has 0 amide bonds. The molecule has 10 heteroatoms. The van der Waals surface area contributed by atoms with Crippen molar-refractivity contribution in [3.05, 3.63) is 83.2 Å². The van der Waals surface area contributed by atoms with Crippen LogP contribution in [0.25, 0.3) is 21.8 Å². The van der Waals surface area contributed by atoms with E-state index in [4.69, 9.17) is 28.4 Å². The summed E-state index contributed by atoms with van der Waals surface area (Å²) >= 11 is 0. The Bertz CT molecular complexity index is 1670. The molecule has 5 aromatic rings. The molecule has 42 heavy (non-hydrogen) atoms. The number of fused-ring (bicyclic) bond motifs is 2. The van der Waals surface area contributed by atoms with E-state index < -0.39 is 11.9 Å². The third-order valence-corrected chi connectivity index (χ3v) is 7.23. The quantitative estimate of drug-likeness (QED) is 0.208. The van der Waals surface area contributed by atoms with Gasteiger partial charge >= 0.3 is 11.9 Å². The normalized spacial score (nSPS) is 11.0. The van der Waals surface area contributed by atoms with Crippen LogP contribution in [0.2, 0.25) is 0 Å². The molecule has 10 nitrogen and oxygen atoms in total. The standard InChI is InChI=1S/C32H32N2O8/c1-37-23-11-21-13-25(31(35)41-5)33(29(21)27(15-23)39-3)17-19-8-7-9-20(10-19)18-34-26(32(36)42-6)14-22-12-24(38-2)16-28(40-4)30(22)34/h7-16H,17-18H2,1-6H3. The lowest BCUT2D eigenvalue weighted by molar-refractivity contribution is 0.0581. The van der Waals surface area contributed by atoms with Crippen LogP contribution in [-0.2, 0) is 22.6 Å². The van der Waals surface area contributed by atoms with E-state index in [-0.39, 0.29) is 0 Å². The summed E-state index contributed by atoms with van der Waals surface area (Å²) in [6.07, 6.45) is 0. The summed E-state index contributed by atoms with van der Waals surface area (Å²) in [6.45, 7) is 0.725. The molecule has 0 saturated heterocycles. The van der Waals surface area contributed by atoms with Gasteiger partial charge in [0, 0.05) is 36.0 Å². The molecule has 0 spiro atoms. The number of benzene rings is 3. The number of carbonyl (C=O) groups excluding carboxylic acids is 2. The van der Waals surface area contributed by atoms with E-state index in [0.717, 1.165) is 32.9 Å². The van der Waals surface area contributed by atoms with Gasteiger partial charge in [-0.15, -0.1) is 0 Å². The number of esters is 2. The highest BCUT2D eigenvalue weighted by Crippen LogP contribution is 2.36. The Balaban J connectivity index is 1.60.